The Hall–Kier alpha value is -1.84. The van der Waals surface area contributed by atoms with Crippen molar-refractivity contribution >= 4 is 23.2 Å². The van der Waals surface area contributed by atoms with Gasteiger partial charge in [-0.05, 0) is 61.6 Å². The van der Waals surface area contributed by atoms with E-state index in [1.54, 1.807) is 6.07 Å². The predicted molar refractivity (Wildman–Crippen MR) is 109 cm³/mol. The molecule has 0 bridgehead atoms. The summed E-state index contributed by atoms with van der Waals surface area (Å²) in [6, 6.07) is 16.3. The van der Waals surface area contributed by atoms with Crippen LogP contribution in [0.2, 0.25) is 10.0 Å². The zero-order chi connectivity index (χ0) is 18.6. The standard InChI is InChI=1S/C22H22Cl2N2O/c23-19-8-4-7-18(21(19)24)22-25-20(27-26-22)14-11-15-9-12-17(13-10-15)16-5-2-1-3-6-16/h1-8,15,17H,9-14H2. The van der Waals surface area contributed by atoms with Gasteiger partial charge < -0.3 is 4.52 Å². The summed E-state index contributed by atoms with van der Waals surface area (Å²) in [7, 11) is 0. The average molecular weight is 401 g/mol. The Balaban J connectivity index is 1.31. The number of hydrogen-bond acceptors (Lipinski definition) is 3. The molecule has 4 rings (SSSR count). The van der Waals surface area contributed by atoms with Gasteiger partial charge in [-0.2, -0.15) is 4.98 Å². The van der Waals surface area contributed by atoms with Crippen LogP contribution in [-0.2, 0) is 6.42 Å². The minimum absolute atomic E-state index is 0.464. The van der Waals surface area contributed by atoms with Gasteiger partial charge in [-0.1, -0.05) is 64.8 Å². The first-order valence-corrected chi connectivity index (χ1v) is 10.3. The lowest BCUT2D eigenvalue weighted by Gasteiger charge is -2.28. The highest BCUT2D eigenvalue weighted by Crippen LogP contribution is 2.37. The summed E-state index contributed by atoms with van der Waals surface area (Å²) >= 11 is 12.3. The molecule has 140 valence electrons. The normalized spacial score (nSPS) is 19.9. The second-order valence-corrected chi connectivity index (χ2v) is 8.07. The van der Waals surface area contributed by atoms with Gasteiger partial charge in [0.2, 0.25) is 11.7 Å². The van der Waals surface area contributed by atoms with E-state index in [4.69, 9.17) is 27.7 Å². The van der Waals surface area contributed by atoms with E-state index in [9.17, 15) is 0 Å². The lowest BCUT2D eigenvalue weighted by atomic mass is 9.77. The Morgan fingerprint density at radius 2 is 1.70 bits per heavy atom. The molecule has 27 heavy (non-hydrogen) atoms. The molecule has 0 saturated heterocycles. The van der Waals surface area contributed by atoms with E-state index in [1.165, 1.54) is 31.2 Å². The van der Waals surface area contributed by atoms with Crippen molar-refractivity contribution in [1.82, 2.24) is 10.1 Å². The maximum atomic E-state index is 6.25. The third-order valence-corrected chi connectivity index (χ3v) is 6.36. The fourth-order valence-corrected chi connectivity index (χ4v) is 4.36. The van der Waals surface area contributed by atoms with Gasteiger partial charge in [-0.25, -0.2) is 0 Å². The van der Waals surface area contributed by atoms with Crippen molar-refractivity contribution in [2.24, 2.45) is 5.92 Å². The highest BCUT2D eigenvalue weighted by atomic mass is 35.5. The SMILES string of the molecule is Clc1cccc(-c2noc(CCC3CCC(c4ccccc4)CC3)n2)c1Cl. The third-order valence-electron chi connectivity index (χ3n) is 5.54. The Morgan fingerprint density at radius 3 is 2.48 bits per heavy atom. The lowest BCUT2D eigenvalue weighted by Crippen LogP contribution is -2.14. The molecule has 0 N–H and O–H groups in total. The zero-order valence-corrected chi connectivity index (χ0v) is 16.6. The number of nitrogens with zero attached hydrogens (tertiary/aromatic N) is 2. The van der Waals surface area contributed by atoms with E-state index in [0.29, 0.717) is 33.2 Å². The van der Waals surface area contributed by atoms with Gasteiger partial charge in [0.25, 0.3) is 0 Å². The second-order valence-electron chi connectivity index (χ2n) is 7.28. The molecule has 1 aliphatic carbocycles. The third kappa shape index (κ3) is 4.36. The summed E-state index contributed by atoms with van der Waals surface area (Å²) in [6.07, 6.45) is 6.96. The van der Waals surface area contributed by atoms with Gasteiger partial charge in [-0.3, -0.25) is 0 Å². The fourth-order valence-electron chi connectivity index (χ4n) is 3.98. The summed E-state index contributed by atoms with van der Waals surface area (Å²) in [5.41, 5.74) is 2.19. The van der Waals surface area contributed by atoms with E-state index in [2.05, 4.69) is 40.5 Å². The largest absolute Gasteiger partial charge is 0.339 e. The van der Waals surface area contributed by atoms with Crippen LogP contribution in [0.1, 0.15) is 49.5 Å². The van der Waals surface area contributed by atoms with Crippen molar-refractivity contribution in [1.29, 1.82) is 0 Å². The summed E-state index contributed by atoms with van der Waals surface area (Å²) in [6.45, 7) is 0. The monoisotopic (exact) mass is 400 g/mol. The predicted octanol–water partition coefficient (Wildman–Crippen LogP) is 6.95. The molecule has 0 spiro atoms. The second kappa shape index (κ2) is 8.45. The van der Waals surface area contributed by atoms with Gasteiger partial charge in [-0.15, -0.1) is 0 Å². The van der Waals surface area contributed by atoms with Crippen LogP contribution in [-0.4, -0.2) is 10.1 Å². The highest BCUT2D eigenvalue weighted by molar-refractivity contribution is 6.43. The molecule has 3 nitrogen and oxygen atoms in total. The van der Waals surface area contributed by atoms with Crippen molar-refractivity contribution in [3.8, 4) is 11.4 Å². The van der Waals surface area contributed by atoms with E-state index in [1.807, 2.05) is 12.1 Å². The van der Waals surface area contributed by atoms with E-state index < -0.39 is 0 Å². The maximum Gasteiger partial charge on any atom is 0.226 e. The van der Waals surface area contributed by atoms with Gasteiger partial charge in [0.05, 0.1) is 10.0 Å². The first kappa shape index (κ1) is 18.5. The molecule has 0 amide bonds. The Labute approximate surface area is 169 Å². The highest BCUT2D eigenvalue weighted by Gasteiger charge is 2.23. The topological polar surface area (TPSA) is 38.9 Å². The van der Waals surface area contributed by atoms with Crippen LogP contribution >= 0.6 is 23.2 Å². The van der Waals surface area contributed by atoms with Crippen molar-refractivity contribution in [2.75, 3.05) is 0 Å². The Morgan fingerprint density at radius 1 is 0.926 bits per heavy atom. The first-order chi connectivity index (χ1) is 13.2. The van der Waals surface area contributed by atoms with Crippen LogP contribution in [0.4, 0.5) is 0 Å². The summed E-state index contributed by atoms with van der Waals surface area (Å²) in [4.78, 5) is 4.51. The van der Waals surface area contributed by atoms with E-state index >= 15 is 0 Å². The average Bonchev–Trinajstić information content (AvgIpc) is 3.18. The molecular formula is C22H22Cl2N2O. The molecule has 1 aliphatic rings. The zero-order valence-electron chi connectivity index (χ0n) is 15.1. The molecule has 1 fully saturated rings. The van der Waals surface area contributed by atoms with Gasteiger partial charge >= 0.3 is 0 Å². The van der Waals surface area contributed by atoms with Crippen LogP contribution < -0.4 is 0 Å². The molecule has 1 aromatic heterocycles. The van der Waals surface area contributed by atoms with E-state index in [-0.39, 0.29) is 0 Å². The van der Waals surface area contributed by atoms with Crippen molar-refractivity contribution < 1.29 is 4.52 Å². The summed E-state index contributed by atoms with van der Waals surface area (Å²) < 4.78 is 5.43. The number of aromatic nitrogens is 2. The van der Waals surface area contributed by atoms with Gasteiger partial charge in [0, 0.05) is 12.0 Å². The Kier molecular flexibility index (Phi) is 5.80. The van der Waals surface area contributed by atoms with Crippen LogP contribution in [0.25, 0.3) is 11.4 Å². The number of rotatable bonds is 5. The first-order valence-electron chi connectivity index (χ1n) is 9.52. The quantitative estimate of drug-likeness (QED) is 0.464. The number of hydrogen-bond donors (Lipinski definition) is 0. The van der Waals surface area contributed by atoms with Crippen LogP contribution in [0, 0.1) is 5.92 Å². The molecule has 1 saturated carbocycles. The summed E-state index contributed by atoms with van der Waals surface area (Å²) in [5.74, 6) is 2.62. The number of halogens is 2. The lowest BCUT2D eigenvalue weighted by molar-refractivity contribution is 0.295. The fraction of sp³-hybridized carbons (Fsp3) is 0.364. The molecule has 3 aromatic rings. The summed E-state index contributed by atoms with van der Waals surface area (Å²) in [5, 5.41) is 5.03. The van der Waals surface area contributed by atoms with Crippen molar-refractivity contribution in [3.05, 3.63) is 70.0 Å². The molecule has 0 radical (unpaired) electrons. The molecule has 2 aromatic carbocycles. The minimum atomic E-state index is 0.464. The smallest absolute Gasteiger partial charge is 0.226 e. The Bertz CT molecular complexity index is 886. The van der Waals surface area contributed by atoms with Crippen molar-refractivity contribution in [3.63, 3.8) is 0 Å². The molecule has 1 heterocycles. The van der Waals surface area contributed by atoms with Gasteiger partial charge in [0.15, 0.2) is 0 Å². The molecule has 0 unspecified atom stereocenters. The molecular weight excluding hydrogens is 379 g/mol. The van der Waals surface area contributed by atoms with Crippen LogP contribution in [0.5, 0.6) is 0 Å². The van der Waals surface area contributed by atoms with Crippen LogP contribution in [0.15, 0.2) is 53.1 Å². The van der Waals surface area contributed by atoms with Crippen LogP contribution in [0.3, 0.4) is 0 Å². The van der Waals surface area contributed by atoms with Crippen molar-refractivity contribution in [2.45, 2.75) is 44.4 Å². The molecule has 0 aliphatic heterocycles. The maximum absolute atomic E-state index is 6.25. The number of aryl methyl sites for hydroxylation is 1. The molecule has 0 atom stereocenters. The molecule has 5 heteroatoms. The minimum Gasteiger partial charge on any atom is -0.339 e. The van der Waals surface area contributed by atoms with Gasteiger partial charge in [0.1, 0.15) is 0 Å². The van der Waals surface area contributed by atoms with E-state index in [0.717, 1.165) is 18.8 Å². The number of benzene rings is 2.